The first kappa shape index (κ1) is 24.2. The maximum Gasteiger partial charge on any atom is 0.490 e. The second kappa shape index (κ2) is 10.0. The molecule has 1 N–H and O–H groups in total. The molecule has 0 radical (unpaired) electrons. The standard InChI is InChI=1S/C18H24N4O2S.C2HF3O2/c1-20-7-2-3-15(20)17(23)22-8-4-18(5-9-22)14-21(10-11-24-18)13-16-19-6-12-25-16;3-2(4,5)1(6)7/h2-3,6-7,12H,4-5,8-11,13-14H2,1H3;(H,6,7). The van der Waals surface area contributed by atoms with Crippen LogP contribution >= 0.6 is 11.3 Å². The summed E-state index contributed by atoms with van der Waals surface area (Å²) in [7, 11) is 1.92. The molecule has 0 saturated carbocycles. The number of aryl methyl sites for hydroxylation is 1. The van der Waals surface area contributed by atoms with Crippen molar-refractivity contribution in [2.24, 2.45) is 7.05 Å². The van der Waals surface area contributed by atoms with Gasteiger partial charge in [-0.2, -0.15) is 13.2 Å². The topological polar surface area (TPSA) is 87.9 Å². The molecule has 1 spiro atoms. The van der Waals surface area contributed by atoms with E-state index in [-0.39, 0.29) is 11.5 Å². The predicted octanol–water partition coefficient (Wildman–Crippen LogP) is 2.62. The number of amides is 1. The Labute approximate surface area is 187 Å². The Morgan fingerprint density at radius 2 is 1.97 bits per heavy atom. The minimum Gasteiger partial charge on any atom is -0.475 e. The molecule has 2 aromatic heterocycles. The number of hydrogen-bond donors (Lipinski definition) is 1. The Morgan fingerprint density at radius 1 is 1.28 bits per heavy atom. The van der Waals surface area contributed by atoms with Crippen LogP contribution in [0.4, 0.5) is 13.2 Å². The SMILES string of the molecule is Cn1cccc1C(=O)N1CCC2(CC1)CN(Cc1nccs1)CCO2.O=C(O)C(F)(F)F. The van der Waals surface area contributed by atoms with Gasteiger partial charge in [-0.25, -0.2) is 9.78 Å². The fourth-order valence-corrected chi connectivity index (χ4v) is 4.50. The molecule has 32 heavy (non-hydrogen) atoms. The molecule has 2 aromatic rings. The Morgan fingerprint density at radius 3 is 2.50 bits per heavy atom. The lowest BCUT2D eigenvalue weighted by atomic mass is 9.89. The van der Waals surface area contributed by atoms with E-state index in [4.69, 9.17) is 14.6 Å². The van der Waals surface area contributed by atoms with Crippen LogP contribution in [0.3, 0.4) is 0 Å². The molecule has 0 unspecified atom stereocenters. The van der Waals surface area contributed by atoms with Crippen LogP contribution in [0, 0.1) is 0 Å². The highest BCUT2D eigenvalue weighted by molar-refractivity contribution is 7.09. The molecule has 4 heterocycles. The number of rotatable bonds is 3. The Kier molecular flexibility index (Phi) is 7.57. The fourth-order valence-electron chi connectivity index (χ4n) is 3.85. The molecule has 8 nitrogen and oxygen atoms in total. The quantitative estimate of drug-likeness (QED) is 0.736. The van der Waals surface area contributed by atoms with E-state index in [1.54, 1.807) is 11.3 Å². The second-order valence-electron chi connectivity index (χ2n) is 7.77. The number of hydrogen-bond acceptors (Lipinski definition) is 6. The van der Waals surface area contributed by atoms with E-state index < -0.39 is 12.1 Å². The number of likely N-dealkylation sites (tertiary alicyclic amines) is 1. The van der Waals surface area contributed by atoms with Gasteiger partial charge in [0, 0.05) is 51.0 Å². The molecular formula is C20H25F3N4O4S. The fraction of sp³-hybridized carbons (Fsp3) is 0.550. The van der Waals surface area contributed by atoms with Crippen LogP contribution in [0.1, 0.15) is 28.3 Å². The largest absolute Gasteiger partial charge is 0.490 e. The number of nitrogens with zero attached hydrogens (tertiary/aromatic N) is 4. The van der Waals surface area contributed by atoms with Gasteiger partial charge in [-0.05, 0) is 25.0 Å². The molecule has 4 rings (SSSR count). The van der Waals surface area contributed by atoms with E-state index in [0.29, 0.717) is 0 Å². The molecule has 0 bridgehead atoms. The summed E-state index contributed by atoms with van der Waals surface area (Å²) in [6, 6.07) is 3.80. The van der Waals surface area contributed by atoms with Gasteiger partial charge in [0.15, 0.2) is 0 Å². The average Bonchev–Trinajstić information content (AvgIpc) is 3.39. The van der Waals surface area contributed by atoms with Crippen molar-refractivity contribution in [2.75, 3.05) is 32.8 Å². The molecule has 1 amide bonds. The molecule has 12 heteroatoms. The minimum atomic E-state index is -5.08. The molecular weight excluding hydrogens is 449 g/mol. The molecule has 0 aliphatic carbocycles. The molecule has 2 saturated heterocycles. The van der Waals surface area contributed by atoms with Crippen LogP contribution in [0.15, 0.2) is 29.9 Å². The predicted molar refractivity (Wildman–Crippen MR) is 110 cm³/mol. The summed E-state index contributed by atoms with van der Waals surface area (Å²) < 4.78 is 39.8. The summed E-state index contributed by atoms with van der Waals surface area (Å²) in [4.78, 5) is 30.4. The molecule has 176 valence electrons. The number of ether oxygens (including phenoxy) is 1. The van der Waals surface area contributed by atoms with Gasteiger partial charge in [-0.3, -0.25) is 9.69 Å². The van der Waals surface area contributed by atoms with E-state index in [0.717, 1.165) is 62.9 Å². The van der Waals surface area contributed by atoms with Crippen molar-refractivity contribution in [2.45, 2.75) is 31.2 Å². The van der Waals surface area contributed by atoms with Crippen molar-refractivity contribution >= 4 is 23.2 Å². The summed E-state index contributed by atoms with van der Waals surface area (Å²) in [6.45, 7) is 5.06. The number of piperidine rings is 1. The van der Waals surface area contributed by atoms with Gasteiger partial charge in [0.25, 0.3) is 5.91 Å². The normalized spacial score (nSPS) is 18.8. The number of carbonyl (C=O) groups is 2. The summed E-state index contributed by atoms with van der Waals surface area (Å²) in [5.41, 5.74) is 0.645. The number of aliphatic carboxylic acids is 1. The van der Waals surface area contributed by atoms with Crippen molar-refractivity contribution in [3.05, 3.63) is 40.6 Å². The number of carboxylic acid groups (broad SMARTS) is 1. The number of aromatic nitrogens is 2. The first-order chi connectivity index (χ1) is 15.1. The number of alkyl halides is 3. The number of thiazole rings is 1. The van der Waals surface area contributed by atoms with Crippen LogP contribution in [-0.2, 0) is 23.1 Å². The zero-order valence-corrected chi connectivity index (χ0v) is 18.4. The number of halogens is 3. The van der Waals surface area contributed by atoms with E-state index in [1.165, 1.54) is 0 Å². The Bertz CT molecular complexity index is 908. The number of morpholine rings is 1. The second-order valence-corrected chi connectivity index (χ2v) is 8.75. The molecule has 0 atom stereocenters. The van der Waals surface area contributed by atoms with Gasteiger partial charge >= 0.3 is 12.1 Å². The lowest BCUT2D eigenvalue weighted by Gasteiger charge is -2.47. The Balaban J connectivity index is 0.000000360. The molecule has 0 aromatic carbocycles. The van der Waals surface area contributed by atoms with Crippen LogP contribution < -0.4 is 0 Å². The van der Waals surface area contributed by atoms with Gasteiger partial charge < -0.3 is 19.3 Å². The van der Waals surface area contributed by atoms with Crippen LogP contribution in [0.2, 0.25) is 0 Å². The smallest absolute Gasteiger partial charge is 0.475 e. The van der Waals surface area contributed by atoms with E-state index >= 15 is 0 Å². The third-order valence-electron chi connectivity index (χ3n) is 5.54. The van der Waals surface area contributed by atoms with Crippen molar-refractivity contribution in [3.63, 3.8) is 0 Å². The first-order valence-electron chi connectivity index (χ1n) is 10.0. The Hall–Kier alpha value is -2.44. The zero-order valence-electron chi connectivity index (χ0n) is 17.5. The maximum absolute atomic E-state index is 12.7. The van der Waals surface area contributed by atoms with E-state index in [1.807, 2.05) is 46.4 Å². The van der Waals surface area contributed by atoms with E-state index in [2.05, 4.69) is 9.88 Å². The number of carbonyl (C=O) groups excluding carboxylic acids is 1. The zero-order chi connectivity index (χ0) is 23.4. The summed E-state index contributed by atoms with van der Waals surface area (Å²) in [5.74, 6) is -2.63. The van der Waals surface area contributed by atoms with Crippen molar-refractivity contribution in [1.29, 1.82) is 0 Å². The van der Waals surface area contributed by atoms with Crippen LogP contribution in [-0.4, -0.2) is 80.9 Å². The monoisotopic (exact) mass is 474 g/mol. The first-order valence-corrected chi connectivity index (χ1v) is 10.9. The highest BCUT2D eigenvalue weighted by Gasteiger charge is 2.41. The lowest BCUT2D eigenvalue weighted by Crippen LogP contribution is -2.57. The molecule has 2 aliphatic rings. The van der Waals surface area contributed by atoms with E-state index in [9.17, 15) is 18.0 Å². The maximum atomic E-state index is 12.7. The van der Waals surface area contributed by atoms with Crippen molar-refractivity contribution in [1.82, 2.24) is 19.4 Å². The summed E-state index contributed by atoms with van der Waals surface area (Å²) >= 11 is 1.71. The summed E-state index contributed by atoms with van der Waals surface area (Å²) in [5, 5.41) is 10.3. The van der Waals surface area contributed by atoms with Crippen LogP contribution in [0.5, 0.6) is 0 Å². The van der Waals surface area contributed by atoms with Gasteiger partial charge in [-0.1, -0.05) is 0 Å². The third-order valence-corrected chi connectivity index (χ3v) is 6.30. The van der Waals surface area contributed by atoms with Gasteiger partial charge in [0.05, 0.1) is 18.8 Å². The highest BCUT2D eigenvalue weighted by atomic mass is 32.1. The molecule has 2 fully saturated rings. The number of carboxylic acids is 1. The third kappa shape index (κ3) is 6.08. The van der Waals surface area contributed by atoms with Crippen LogP contribution in [0.25, 0.3) is 0 Å². The molecule has 2 aliphatic heterocycles. The van der Waals surface area contributed by atoms with Gasteiger partial charge in [0.1, 0.15) is 10.7 Å². The lowest BCUT2D eigenvalue weighted by molar-refractivity contribution is -0.192. The minimum absolute atomic E-state index is 0.111. The van der Waals surface area contributed by atoms with Gasteiger partial charge in [0.2, 0.25) is 0 Å². The summed E-state index contributed by atoms with van der Waals surface area (Å²) in [6.07, 6.45) is 0.498. The van der Waals surface area contributed by atoms with Gasteiger partial charge in [-0.15, -0.1) is 11.3 Å². The van der Waals surface area contributed by atoms with Crippen molar-refractivity contribution in [3.8, 4) is 0 Å². The average molecular weight is 475 g/mol. The highest BCUT2D eigenvalue weighted by Crippen LogP contribution is 2.31. The van der Waals surface area contributed by atoms with Crippen molar-refractivity contribution < 1.29 is 32.6 Å².